The average molecular weight is 477 g/mol. The van der Waals surface area contributed by atoms with Gasteiger partial charge in [-0.3, -0.25) is 4.79 Å². The highest BCUT2D eigenvalue weighted by molar-refractivity contribution is 7.92. The molecule has 8 heteroatoms. The van der Waals surface area contributed by atoms with Crippen LogP contribution in [-0.4, -0.2) is 28.9 Å². The van der Waals surface area contributed by atoms with Crippen LogP contribution >= 0.6 is 0 Å². The maximum Gasteiger partial charge on any atom is 0.225 e. The number of sulfone groups is 1. The molecule has 0 radical (unpaired) electrons. The van der Waals surface area contributed by atoms with Gasteiger partial charge < -0.3 is 9.88 Å². The number of benzene rings is 2. The van der Waals surface area contributed by atoms with Gasteiger partial charge in [-0.25, -0.2) is 18.4 Å². The molecule has 0 unspecified atom stereocenters. The van der Waals surface area contributed by atoms with Gasteiger partial charge >= 0.3 is 0 Å². The van der Waals surface area contributed by atoms with E-state index in [0.29, 0.717) is 22.2 Å². The van der Waals surface area contributed by atoms with Crippen molar-refractivity contribution < 1.29 is 13.2 Å². The summed E-state index contributed by atoms with van der Waals surface area (Å²) in [5.74, 6) is 0.0365. The van der Waals surface area contributed by atoms with E-state index in [-0.39, 0.29) is 34.0 Å². The highest BCUT2D eigenvalue weighted by Gasteiger charge is 2.34. The second kappa shape index (κ2) is 8.83. The Bertz CT molecular complexity index is 1480. The van der Waals surface area contributed by atoms with E-state index in [2.05, 4.69) is 5.32 Å². The van der Waals surface area contributed by atoms with Crippen LogP contribution in [0.15, 0.2) is 58.3 Å². The van der Waals surface area contributed by atoms with Crippen LogP contribution in [0.3, 0.4) is 0 Å². The van der Waals surface area contributed by atoms with Crippen molar-refractivity contribution in [3.63, 3.8) is 0 Å². The molecule has 176 valence electrons. The standard InChI is InChI=1S/C26H28N4O3S/c1-3-22(31)29-26-24(34(32,33)19-15-13-17(2)14-16-19)23-25(30(26)18-9-5-4-6-10-18)28-21-12-8-7-11-20(21)27-23/h7-8,11-16,18H,3-6,9-10H2,1-2H3,(H,29,31). The van der Waals surface area contributed by atoms with E-state index < -0.39 is 9.84 Å². The zero-order chi connectivity index (χ0) is 23.9. The smallest absolute Gasteiger partial charge is 0.225 e. The van der Waals surface area contributed by atoms with Gasteiger partial charge in [-0.1, -0.05) is 56.0 Å². The number of aryl methyl sites for hydroxylation is 1. The van der Waals surface area contributed by atoms with Gasteiger partial charge in [-0.2, -0.15) is 0 Å². The third-order valence-corrected chi connectivity index (χ3v) is 8.39. The molecule has 0 saturated heterocycles. The van der Waals surface area contributed by atoms with Crippen LogP contribution in [0.5, 0.6) is 0 Å². The number of anilines is 1. The molecule has 1 aliphatic carbocycles. The Labute approximate surface area is 199 Å². The van der Waals surface area contributed by atoms with Crippen molar-refractivity contribution in [1.82, 2.24) is 14.5 Å². The highest BCUT2D eigenvalue weighted by Crippen LogP contribution is 2.42. The number of carbonyl (C=O) groups is 1. The fraction of sp³-hybridized carbons (Fsp3) is 0.346. The second-order valence-electron chi connectivity index (χ2n) is 8.94. The molecule has 1 N–H and O–H groups in total. The molecular formula is C26H28N4O3S. The van der Waals surface area contributed by atoms with Crippen molar-refractivity contribution in [3.8, 4) is 0 Å². The molecule has 1 aliphatic rings. The summed E-state index contributed by atoms with van der Waals surface area (Å²) in [4.78, 5) is 22.5. The summed E-state index contributed by atoms with van der Waals surface area (Å²) in [5.41, 5.74) is 3.08. The van der Waals surface area contributed by atoms with Crippen molar-refractivity contribution in [3.05, 3.63) is 54.1 Å². The highest BCUT2D eigenvalue weighted by atomic mass is 32.2. The Morgan fingerprint density at radius 3 is 2.29 bits per heavy atom. The molecule has 1 fully saturated rings. The Balaban J connectivity index is 1.88. The fourth-order valence-electron chi connectivity index (χ4n) is 4.76. The summed E-state index contributed by atoms with van der Waals surface area (Å²) in [6.07, 6.45) is 5.28. The molecule has 2 aromatic heterocycles. The van der Waals surface area contributed by atoms with Gasteiger partial charge in [0.25, 0.3) is 0 Å². The number of carbonyl (C=O) groups excluding carboxylic acids is 1. The van der Waals surface area contributed by atoms with Gasteiger partial charge in [0.2, 0.25) is 15.7 Å². The molecule has 0 aliphatic heterocycles. The summed E-state index contributed by atoms with van der Waals surface area (Å²) in [7, 11) is -3.99. The van der Waals surface area contributed by atoms with Gasteiger partial charge in [0, 0.05) is 12.5 Å². The van der Waals surface area contributed by atoms with Crippen LogP contribution in [0.2, 0.25) is 0 Å². The van der Waals surface area contributed by atoms with Crippen LogP contribution in [0.25, 0.3) is 22.2 Å². The molecule has 2 heterocycles. The fourth-order valence-corrected chi connectivity index (χ4v) is 6.29. The second-order valence-corrected chi connectivity index (χ2v) is 10.8. The molecule has 7 nitrogen and oxygen atoms in total. The predicted octanol–water partition coefficient (Wildman–Crippen LogP) is 5.58. The monoisotopic (exact) mass is 476 g/mol. The van der Waals surface area contributed by atoms with E-state index in [0.717, 1.165) is 37.7 Å². The first-order chi connectivity index (χ1) is 16.4. The number of aromatic nitrogens is 3. The number of rotatable bonds is 5. The zero-order valence-electron chi connectivity index (χ0n) is 19.4. The van der Waals surface area contributed by atoms with Crippen molar-refractivity contribution in [2.45, 2.75) is 68.2 Å². The normalized spacial score (nSPS) is 15.1. The molecule has 2 aromatic carbocycles. The lowest BCUT2D eigenvalue weighted by Crippen LogP contribution is -2.20. The first-order valence-electron chi connectivity index (χ1n) is 11.8. The summed E-state index contributed by atoms with van der Waals surface area (Å²) < 4.78 is 30.0. The Morgan fingerprint density at radius 2 is 1.65 bits per heavy atom. The van der Waals surface area contributed by atoms with Gasteiger partial charge in [0.05, 0.1) is 15.9 Å². The van der Waals surface area contributed by atoms with Gasteiger partial charge in [-0.15, -0.1) is 0 Å². The van der Waals surface area contributed by atoms with Crippen molar-refractivity contribution in [1.29, 1.82) is 0 Å². The largest absolute Gasteiger partial charge is 0.311 e. The van der Waals surface area contributed by atoms with Crippen LogP contribution in [-0.2, 0) is 14.6 Å². The minimum absolute atomic E-state index is 0.0250. The van der Waals surface area contributed by atoms with Crippen LogP contribution < -0.4 is 5.32 Å². The van der Waals surface area contributed by atoms with Crippen LogP contribution in [0.1, 0.15) is 57.1 Å². The van der Waals surface area contributed by atoms with E-state index in [1.165, 1.54) is 0 Å². The molecule has 1 saturated carbocycles. The summed E-state index contributed by atoms with van der Waals surface area (Å²) in [6, 6.07) is 14.3. The van der Waals surface area contributed by atoms with Crippen molar-refractivity contribution in [2.75, 3.05) is 5.32 Å². The number of fused-ring (bicyclic) bond motifs is 2. The zero-order valence-corrected chi connectivity index (χ0v) is 20.2. The first kappa shape index (κ1) is 22.5. The predicted molar refractivity (Wildman–Crippen MR) is 133 cm³/mol. The quantitative estimate of drug-likeness (QED) is 0.406. The van der Waals surface area contributed by atoms with Crippen LogP contribution in [0.4, 0.5) is 5.82 Å². The lowest BCUT2D eigenvalue weighted by atomic mass is 9.95. The lowest BCUT2D eigenvalue weighted by molar-refractivity contribution is -0.115. The Hall–Kier alpha value is -3.26. The third kappa shape index (κ3) is 3.86. The number of hydrogen-bond acceptors (Lipinski definition) is 5. The molecule has 4 aromatic rings. The van der Waals surface area contributed by atoms with Crippen LogP contribution in [0, 0.1) is 6.92 Å². The Kier molecular flexibility index (Phi) is 5.85. The van der Waals surface area contributed by atoms with E-state index >= 15 is 0 Å². The SMILES string of the molecule is CCC(=O)Nc1c(S(=O)(=O)c2ccc(C)cc2)c2nc3ccccc3nc2n1C1CCCCC1. The summed E-state index contributed by atoms with van der Waals surface area (Å²) >= 11 is 0. The molecule has 0 bridgehead atoms. The summed E-state index contributed by atoms with van der Waals surface area (Å²) in [6.45, 7) is 3.66. The van der Waals surface area contributed by atoms with E-state index in [4.69, 9.17) is 9.97 Å². The number of nitrogens with zero attached hydrogens (tertiary/aromatic N) is 3. The Morgan fingerprint density at radius 1 is 1.00 bits per heavy atom. The third-order valence-electron chi connectivity index (χ3n) is 6.57. The van der Waals surface area contributed by atoms with E-state index in [1.807, 2.05) is 35.8 Å². The molecule has 0 spiro atoms. The minimum atomic E-state index is -3.99. The topological polar surface area (TPSA) is 93.9 Å². The van der Waals surface area contributed by atoms with Gasteiger partial charge in [0.1, 0.15) is 16.2 Å². The lowest BCUT2D eigenvalue weighted by Gasteiger charge is -2.26. The average Bonchev–Trinajstić information content (AvgIpc) is 3.16. The van der Waals surface area contributed by atoms with E-state index in [1.54, 1.807) is 31.2 Å². The maximum absolute atomic E-state index is 14.0. The number of amides is 1. The van der Waals surface area contributed by atoms with Gasteiger partial charge in [0.15, 0.2) is 5.65 Å². The first-order valence-corrected chi connectivity index (χ1v) is 13.3. The summed E-state index contributed by atoms with van der Waals surface area (Å²) in [5, 5.41) is 2.92. The van der Waals surface area contributed by atoms with Crippen molar-refractivity contribution >= 4 is 43.8 Å². The number of nitrogens with one attached hydrogen (secondary N) is 1. The molecule has 0 atom stereocenters. The van der Waals surface area contributed by atoms with E-state index in [9.17, 15) is 13.2 Å². The maximum atomic E-state index is 14.0. The molecular weight excluding hydrogens is 448 g/mol. The minimum Gasteiger partial charge on any atom is -0.311 e. The van der Waals surface area contributed by atoms with Gasteiger partial charge in [-0.05, 0) is 44.0 Å². The molecule has 1 amide bonds. The molecule has 5 rings (SSSR count). The number of hydrogen-bond donors (Lipinski definition) is 1. The number of para-hydroxylation sites is 2. The van der Waals surface area contributed by atoms with Crippen molar-refractivity contribution in [2.24, 2.45) is 0 Å². The molecule has 34 heavy (non-hydrogen) atoms.